The molecule has 168 valence electrons. The van der Waals surface area contributed by atoms with E-state index in [0.29, 0.717) is 22.8 Å². The molecule has 0 radical (unpaired) electrons. The molecule has 1 heterocycles. The standard InChI is InChI=1S/C26H24ClN3O3/c1-17(19-8-5-9-22(14-19)29-25(32)18-6-3-2-4-7-18)28-26(33)20-15-24(31)30(16-20)23-12-10-21(27)11-13-23/h2-14,17,20H,15-16H2,1H3,(H,28,33)(H,29,32). The second-order valence-electron chi connectivity index (χ2n) is 8.06. The van der Waals surface area contributed by atoms with Crippen molar-refractivity contribution >= 4 is 40.7 Å². The molecule has 7 heteroatoms. The van der Waals surface area contributed by atoms with Gasteiger partial charge in [-0.3, -0.25) is 14.4 Å². The lowest BCUT2D eigenvalue weighted by atomic mass is 10.0. The fraction of sp³-hybridized carbons (Fsp3) is 0.192. The van der Waals surface area contributed by atoms with Crippen LogP contribution in [0.25, 0.3) is 0 Å². The number of nitrogens with zero attached hydrogens (tertiary/aromatic N) is 1. The fourth-order valence-electron chi connectivity index (χ4n) is 3.85. The first kappa shape index (κ1) is 22.6. The minimum Gasteiger partial charge on any atom is -0.349 e. The molecule has 0 spiro atoms. The molecule has 0 bridgehead atoms. The van der Waals surface area contributed by atoms with Crippen molar-refractivity contribution in [1.29, 1.82) is 0 Å². The summed E-state index contributed by atoms with van der Waals surface area (Å²) in [6, 6.07) is 23.1. The summed E-state index contributed by atoms with van der Waals surface area (Å²) in [6.45, 7) is 2.20. The maximum atomic E-state index is 12.9. The third-order valence-corrected chi connectivity index (χ3v) is 5.93. The Labute approximate surface area is 197 Å². The van der Waals surface area contributed by atoms with E-state index in [4.69, 9.17) is 11.6 Å². The zero-order valence-electron chi connectivity index (χ0n) is 18.1. The summed E-state index contributed by atoms with van der Waals surface area (Å²) in [5.74, 6) is -0.894. The van der Waals surface area contributed by atoms with Gasteiger partial charge in [-0.2, -0.15) is 0 Å². The number of hydrogen-bond donors (Lipinski definition) is 2. The number of nitrogens with one attached hydrogen (secondary N) is 2. The highest BCUT2D eigenvalue weighted by atomic mass is 35.5. The van der Waals surface area contributed by atoms with Crippen LogP contribution >= 0.6 is 11.6 Å². The van der Waals surface area contributed by atoms with Crippen LogP contribution in [0.2, 0.25) is 5.02 Å². The molecule has 0 aromatic heterocycles. The van der Waals surface area contributed by atoms with Crippen molar-refractivity contribution in [3.63, 3.8) is 0 Å². The van der Waals surface area contributed by atoms with Crippen LogP contribution in [0.3, 0.4) is 0 Å². The van der Waals surface area contributed by atoms with Gasteiger partial charge in [-0.1, -0.05) is 41.9 Å². The van der Waals surface area contributed by atoms with Crippen LogP contribution in [0, 0.1) is 5.92 Å². The minimum atomic E-state index is -0.434. The molecular formula is C26H24ClN3O3. The summed E-state index contributed by atoms with van der Waals surface area (Å²) < 4.78 is 0. The summed E-state index contributed by atoms with van der Waals surface area (Å²) in [7, 11) is 0. The number of benzene rings is 3. The quantitative estimate of drug-likeness (QED) is 0.552. The highest BCUT2D eigenvalue weighted by Crippen LogP contribution is 2.27. The Kier molecular flexibility index (Phi) is 6.75. The van der Waals surface area contributed by atoms with E-state index < -0.39 is 5.92 Å². The average Bonchev–Trinajstić information content (AvgIpc) is 3.22. The molecule has 2 N–H and O–H groups in total. The Morgan fingerprint density at radius 3 is 2.45 bits per heavy atom. The molecule has 3 aromatic carbocycles. The summed E-state index contributed by atoms with van der Waals surface area (Å²) in [5.41, 5.74) is 2.80. The van der Waals surface area contributed by atoms with E-state index >= 15 is 0 Å². The molecule has 1 aliphatic rings. The number of halogens is 1. The molecule has 0 saturated carbocycles. The van der Waals surface area contributed by atoms with Crippen LogP contribution in [0.4, 0.5) is 11.4 Å². The Morgan fingerprint density at radius 2 is 1.73 bits per heavy atom. The predicted octanol–water partition coefficient (Wildman–Crippen LogP) is 4.82. The Bertz CT molecular complexity index is 1160. The first-order valence-corrected chi connectivity index (χ1v) is 11.1. The van der Waals surface area contributed by atoms with Gasteiger partial charge in [0.05, 0.1) is 12.0 Å². The molecule has 2 atom stereocenters. The van der Waals surface area contributed by atoms with E-state index in [1.807, 2.05) is 43.3 Å². The third kappa shape index (κ3) is 5.41. The van der Waals surface area contributed by atoms with Crippen LogP contribution in [0.15, 0.2) is 78.9 Å². The maximum Gasteiger partial charge on any atom is 0.255 e. The number of anilines is 2. The van der Waals surface area contributed by atoms with Crippen molar-refractivity contribution in [2.45, 2.75) is 19.4 Å². The van der Waals surface area contributed by atoms with Crippen molar-refractivity contribution < 1.29 is 14.4 Å². The van der Waals surface area contributed by atoms with E-state index in [0.717, 1.165) is 11.3 Å². The van der Waals surface area contributed by atoms with E-state index in [1.165, 1.54) is 0 Å². The van der Waals surface area contributed by atoms with Gasteiger partial charge in [0, 0.05) is 34.9 Å². The largest absolute Gasteiger partial charge is 0.349 e. The minimum absolute atomic E-state index is 0.0873. The molecule has 33 heavy (non-hydrogen) atoms. The molecule has 1 fully saturated rings. The van der Waals surface area contributed by atoms with Crippen LogP contribution in [-0.4, -0.2) is 24.3 Å². The summed E-state index contributed by atoms with van der Waals surface area (Å²) >= 11 is 5.93. The third-order valence-electron chi connectivity index (χ3n) is 5.67. The van der Waals surface area contributed by atoms with Gasteiger partial charge in [0.1, 0.15) is 0 Å². The van der Waals surface area contributed by atoms with Crippen molar-refractivity contribution in [1.82, 2.24) is 5.32 Å². The van der Waals surface area contributed by atoms with Crippen molar-refractivity contribution in [2.75, 3.05) is 16.8 Å². The average molecular weight is 462 g/mol. The van der Waals surface area contributed by atoms with Crippen LogP contribution < -0.4 is 15.5 Å². The maximum absolute atomic E-state index is 12.9. The summed E-state index contributed by atoms with van der Waals surface area (Å²) in [6.07, 6.45) is 0.161. The predicted molar refractivity (Wildman–Crippen MR) is 129 cm³/mol. The lowest BCUT2D eigenvalue weighted by Gasteiger charge is -2.19. The molecule has 2 unspecified atom stereocenters. The molecule has 1 saturated heterocycles. The lowest BCUT2D eigenvalue weighted by molar-refractivity contribution is -0.126. The van der Waals surface area contributed by atoms with Crippen LogP contribution in [0.1, 0.15) is 35.3 Å². The van der Waals surface area contributed by atoms with Gasteiger partial charge in [0.15, 0.2) is 0 Å². The highest BCUT2D eigenvalue weighted by Gasteiger charge is 2.35. The lowest BCUT2D eigenvalue weighted by Crippen LogP contribution is -2.34. The van der Waals surface area contributed by atoms with Crippen LogP contribution in [0.5, 0.6) is 0 Å². The first-order valence-electron chi connectivity index (χ1n) is 10.7. The molecule has 4 rings (SSSR count). The van der Waals surface area contributed by atoms with E-state index in [9.17, 15) is 14.4 Å². The van der Waals surface area contributed by atoms with E-state index in [1.54, 1.807) is 47.4 Å². The van der Waals surface area contributed by atoms with E-state index in [-0.39, 0.29) is 30.2 Å². The Hall–Kier alpha value is -3.64. The summed E-state index contributed by atoms with van der Waals surface area (Å²) in [4.78, 5) is 39.4. The number of carbonyl (C=O) groups is 3. The number of amides is 3. The summed E-state index contributed by atoms with van der Waals surface area (Å²) in [5, 5.41) is 6.48. The number of rotatable bonds is 6. The first-order chi connectivity index (χ1) is 15.9. The van der Waals surface area contributed by atoms with Gasteiger partial charge in [-0.15, -0.1) is 0 Å². The monoisotopic (exact) mass is 461 g/mol. The molecule has 1 aliphatic heterocycles. The fourth-order valence-corrected chi connectivity index (χ4v) is 3.97. The van der Waals surface area contributed by atoms with Crippen LogP contribution in [-0.2, 0) is 9.59 Å². The van der Waals surface area contributed by atoms with E-state index in [2.05, 4.69) is 10.6 Å². The van der Waals surface area contributed by atoms with Gasteiger partial charge in [-0.25, -0.2) is 0 Å². The molecule has 6 nitrogen and oxygen atoms in total. The highest BCUT2D eigenvalue weighted by molar-refractivity contribution is 6.30. The zero-order chi connectivity index (χ0) is 23.4. The van der Waals surface area contributed by atoms with Gasteiger partial charge in [0.2, 0.25) is 11.8 Å². The zero-order valence-corrected chi connectivity index (χ0v) is 18.9. The second-order valence-corrected chi connectivity index (χ2v) is 8.49. The Morgan fingerprint density at radius 1 is 1.00 bits per heavy atom. The number of carbonyl (C=O) groups excluding carboxylic acids is 3. The van der Waals surface area contributed by atoms with Crippen molar-refractivity contribution in [2.24, 2.45) is 5.92 Å². The second kappa shape index (κ2) is 9.88. The van der Waals surface area contributed by atoms with Crippen molar-refractivity contribution in [3.8, 4) is 0 Å². The SMILES string of the molecule is CC(NC(=O)C1CC(=O)N(c2ccc(Cl)cc2)C1)c1cccc(NC(=O)c2ccccc2)c1. The van der Waals surface area contributed by atoms with Gasteiger partial charge in [-0.05, 0) is 61.0 Å². The molecule has 3 aromatic rings. The Balaban J connectivity index is 1.38. The molecular weight excluding hydrogens is 438 g/mol. The van der Waals surface area contributed by atoms with Gasteiger partial charge in [0.25, 0.3) is 5.91 Å². The normalized spacial score (nSPS) is 16.4. The molecule has 0 aliphatic carbocycles. The van der Waals surface area contributed by atoms with Crippen molar-refractivity contribution in [3.05, 3.63) is 95.0 Å². The van der Waals surface area contributed by atoms with Gasteiger partial charge < -0.3 is 15.5 Å². The van der Waals surface area contributed by atoms with Gasteiger partial charge >= 0.3 is 0 Å². The number of hydrogen-bond acceptors (Lipinski definition) is 3. The molecule has 3 amide bonds. The smallest absolute Gasteiger partial charge is 0.255 e. The topological polar surface area (TPSA) is 78.5 Å².